The minimum absolute atomic E-state index is 0.0777. The quantitative estimate of drug-likeness (QED) is 0.487. The molecule has 0 fully saturated rings. The average molecular weight is 493 g/mol. The summed E-state index contributed by atoms with van der Waals surface area (Å²) in [5, 5.41) is 12.3. The summed E-state index contributed by atoms with van der Waals surface area (Å²) < 4.78 is 1.41. The molecule has 0 N–H and O–H groups in total. The number of carbonyl (C=O) groups excluding carboxylic acids is 2. The summed E-state index contributed by atoms with van der Waals surface area (Å²) in [4.78, 5) is 38.7. The van der Waals surface area contributed by atoms with E-state index >= 15 is 0 Å². The fourth-order valence-electron chi connectivity index (χ4n) is 4.35. The maximum Gasteiger partial charge on any atom is 0.251 e. The minimum Gasteiger partial charge on any atom is -0.304 e. The molecule has 1 aromatic heterocycles. The molecule has 0 amide bonds. The Kier molecular flexibility index (Phi) is 5.98. The maximum absolute atomic E-state index is 13.0. The van der Waals surface area contributed by atoms with Gasteiger partial charge in [0.1, 0.15) is 6.54 Å². The van der Waals surface area contributed by atoms with E-state index in [1.54, 1.807) is 18.2 Å². The topological polar surface area (TPSA) is 93.2 Å². The Labute approximate surface area is 204 Å². The zero-order valence-corrected chi connectivity index (χ0v) is 19.4. The second kappa shape index (κ2) is 9.08. The summed E-state index contributed by atoms with van der Waals surface area (Å²) in [6.45, 7) is 0.339. The van der Waals surface area contributed by atoms with E-state index in [4.69, 9.17) is 23.2 Å². The molecule has 0 radical (unpaired) electrons. The van der Waals surface area contributed by atoms with E-state index in [1.165, 1.54) is 10.6 Å². The van der Waals surface area contributed by atoms with Crippen LogP contribution < -0.4 is 5.56 Å². The van der Waals surface area contributed by atoms with Gasteiger partial charge in [-0.15, -0.1) is 5.10 Å². The molecule has 1 aliphatic heterocycles. The van der Waals surface area contributed by atoms with E-state index in [2.05, 4.69) is 15.4 Å². The summed E-state index contributed by atoms with van der Waals surface area (Å²) in [5.74, 6) is -0.209. The fourth-order valence-corrected chi connectivity index (χ4v) is 4.75. The normalized spacial score (nSPS) is 14.4. The number of halogens is 2. The van der Waals surface area contributed by atoms with Gasteiger partial charge >= 0.3 is 0 Å². The average Bonchev–Trinajstić information content (AvgIpc) is 3.48. The Hall–Kier alpha value is -3.42. The molecular weight excluding hydrogens is 475 g/mol. The Morgan fingerprint density at radius 2 is 1.76 bits per heavy atom. The van der Waals surface area contributed by atoms with Crippen LogP contribution >= 0.6 is 23.2 Å². The van der Waals surface area contributed by atoms with Gasteiger partial charge in [0.2, 0.25) is 0 Å². The van der Waals surface area contributed by atoms with E-state index < -0.39 is 0 Å². The number of hydrogen-bond donors (Lipinski definition) is 0. The zero-order valence-electron chi connectivity index (χ0n) is 17.9. The first-order valence-electron chi connectivity index (χ1n) is 10.7. The Morgan fingerprint density at radius 1 is 0.971 bits per heavy atom. The third-order valence-electron chi connectivity index (χ3n) is 5.98. The summed E-state index contributed by atoms with van der Waals surface area (Å²) in [5.41, 5.74) is 4.16. The third-order valence-corrected chi connectivity index (χ3v) is 6.54. The van der Waals surface area contributed by atoms with Crippen LogP contribution in [0, 0.1) is 0 Å². The highest BCUT2D eigenvalue weighted by molar-refractivity contribution is 6.35. The molecular formula is C25H18Cl2N4O3. The summed E-state index contributed by atoms with van der Waals surface area (Å²) in [6.07, 6.45) is 0.843. The molecule has 3 aromatic rings. The lowest BCUT2D eigenvalue weighted by Gasteiger charge is -2.15. The van der Waals surface area contributed by atoms with Crippen molar-refractivity contribution in [2.45, 2.75) is 25.8 Å². The van der Waals surface area contributed by atoms with Crippen molar-refractivity contribution >= 4 is 40.5 Å². The predicted octanol–water partition coefficient (Wildman–Crippen LogP) is 4.93. The van der Waals surface area contributed by atoms with Crippen molar-refractivity contribution in [3.8, 4) is 11.1 Å². The second-order valence-electron chi connectivity index (χ2n) is 8.20. The molecule has 5 rings (SSSR count). The first-order chi connectivity index (χ1) is 16.4. The van der Waals surface area contributed by atoms with Gasteiger partial charge in [0, 0.05) is 51.3 Å². The largest absolute Gasteiger partial charge is 0.304 e. The van der Waals surface area contributed by atoms with Crippen molar-refractivity contribution in [1.29, 1.82) is 0 Å². The van der Waals surface area contributed by atoms with E-state index in [1.807, 2.05) is 24.3 Å². The fraction of sp³-hybridized carbons (Fsp3) is 0.200. The molecule has 2 heterocycles. The molecule has 7 nitrogen and oxygen atoms in total. The molecule has 0 bridgehead atoms. The van der Waals surface area contributed by atoms with Crippen molar-refractivity contribution in [3.05, 3.63) is 91.3 Å². The number of hydrogen-bond acceptors (Lipinski definition) is 6. The van der Waals surface area contributed by atoms with Crippen LogP contribution in [0.3, 0.4) is 0 Å². The molecule has 1 aliphatic carbocycles. The van der Waals surface area contributed by atoms with E-state index in [0.717, 1.165) is 16.8 Å². The monoisotopic (exact) mass is 492 g/mol. The smallest absolute Gasteiger partial charge is 0.251 e. The highest BCUT2D eigenvalue weighted by Gasteiger charge is 2.29. The van der Waals surface area contributed by atoms with Crippen molar-refractivity contribution in [2.75, 3.05) is 6.54 Å². The first-order valence-corrected chi connectivity index (χ1v) is 11.5. The SMILES string of the molecule is O=C(Cc1ccc(C2=NN=NC2)cc1)Cn1c2c(c(-c3cc(Cl)ccc3Cl)cc1=O)C(=O)CC2. The molecule has 0 unspecified atom stereocenters. The first kappa shape index (κ1) is 22.4. The predicted molar refractivity (Wildman–Crippen MR) is 130 cm³/mol. The van der Waals surface area contributed by atoms with Gasteiger partial charge in [-0.2, -0.15) is 5.11 Å². The molecule has 0 atom stereocenters. The van der Waals surface area contributed by atoms with Gasteiger partial charge in [0.05, 0.1) is 12.3 Å². The second-order valence-corrected chi connectivity index (χ2v) is 9.04. The lowest BCUT2D eigenvalue weighted by atomic mass is 9.98. The summed E-state index contributed by atoms with van der Waals surface area (Å²) in [6, 6.07) is 13.8. The van der Waals surface area contributed by atoms with Crippen molar-refractivity contribution in [2.24, 2.45) is 15.4 Å². The molecule has 2 aromatic carbocycles. The van der Waals surface area contributed by atoms with Gasteiger partial charge in [0.15, 0.2) is 11.6 Å². The Balaban J connectivity index is 1.42. The summed E-state index contributed by atoms with van der Waals surface area (Å²) in [7, 11) is 0. The molecule has 0 saturated carbocycles. The van der Waals surface area contributed by atoms with Crippen LogP contribution in [0.2, 0.25) is 10.0 Å². The van der Waals surface area contributed by atoms with Crippen LogP contribution in [0.25, 0.3) is 11.1 Å². The van der Waals surface area contributed by atoms with Crippen LogP contribution in [0.15, 0.2) is 68.8 Å². The molecule has 9 heteroatoms. The van der Waals surface area contributed by atoms with Gasteiger partial charge in [0.25, 0.3) is 5.56 Å². The molecule has 0 saturated heterocycles. The van der Waals surface area contributed by atoms with Crippen molar-refractivity contribution < 1.29 is 9.59 Å². The van der Waals surface area contributed by atoms with Gasteiger partial charge < -0.3 is 4.57 Å². The maximum atomic E-state index is 13.0. The van der Waals surface area contributed by atoms with Crippen LogP contribution in [-0.4, -0.2) is 28.4 Å². The van der Waals surface area contributed by atoms with Crippen molar-refractivity contribution in [3.63, 3.8) is 0 Å². The van der Waals surface area contributed by atoms with E-state index in [0.29, 0.717) is 45.4 Å². The lowest BCUT2D eigenvalue weighted by Crippen LogP contribution is -2.28. The number of ketones is 2. The molecule has 170 valence electrons. The van der Waals surface area contributed by atoms with E-state index in [-0.39, 0.29) is 36.5 Å². The number of carbonyl (C=O) groups is 2. The number of aromatic nitrogens is 1. The number of pyridine rings is 1. The molecule has 0 spiro atoms. The number of Topliss-reactive ketones (excluding diaryl/α,β-unsaturated/α-hetero) is 2. The lowest BCUT2D eigenvalue weighted by molar-refractivity contribution is -0.119. The minimum atomic E-state index is -0.352. The van der Waals surface area contributed by atoms with Gasteiger partial charge in [-0.25, -0.2) is 0 Å². The van der Waals surface area contributed by atoms with Gasteiger partial charge in [-0.3, -0.25) is 14.4 Å². The van der Waals surface area contributed by atoms with Crippen LogP contribution in [0.5, 0.6) is 0 Å². The zero-order chi connectivity index (χ0) is 23.8. The highest BCUT2D eigenvalue weighted by atomic mass is 35.5. The Bertz CT molecular complexity index is 1460. The molecule has 34 heavy (non-hydrogen) atoms. The number of nitrogens with zero attached hydrogens (tertiary/aromatic N) is 4. The van der Waals surface area contributed by atoms with Crippen LogP contribution in [-0.2, 0) is 24.2 Å². The van der Waals surface area contributed by atoms with Gasteiger partial charge in [-0.05, 0) is 41.0 Å². The highest BCUT2D eigenvalue weighted by Crippen LogP contribution is 2.36. The van der Waals surface area contributed by atoms with Crippen LogP contribution in [0.4, 0.5) is 0 Å². The van der Waals surface area contributed by atoms with Crippen LogP contribution in [0.1, 0.15) is 33.6 Å². The standard InChI is InChI=1S/C25H18Cl2N4O3/c26-16-5-6-20(27)18(10-16)19-11-24(34)31(22-7-8-23(33)25(19)22)13-17(32)9-14-1-3-15(4-2-14)21-12-28-30-29-21/h1-6,10-11H,7-9,12-13H2. The van der Waals surface area contributed by atoms with E-state index in [9.17, 15) is 14.4 Å². The summed E-state index contributed by atoms with van der Waals surface area (Å²) >= 11 is 12.5. The number of fused-ring (bicyclic) bond motifs is 1. The molecule has 2 aliphatic rings. The third kappa shape index (κ3) is 4.24. The van der Waals surface area contributed by atoms with Crippen molar-refractivity contribution in [1.82, 2.24) is 4.57 Å². The Morgan fingerprint density at radius 3 is 2.50 bits per heavy atom. The number of rotatable bonds is 6. The van der Waals surface area contributed by atoms with Gasteiger partial charge in [-0.1, -0.05) is 47.5 Å². The number of benzene rings is 2.